The molecule has 1 aromatic carbocycles. The summed E-state index contributed by atoms with van der Waals surface area (Å²) in [6.45, 7) is 5.16. The molecule has 1 N–H and O–H groups in total. The number of halogens is 2. The molecule has 1 unspecified atom stereocenters. The third-order valence-electron chi connectivity index (χ3n) is 2.86. The number of hydrogen-bond acceptors (Lipinski definition) is 4. The molecule has 0 bridgehead atoms. The predicted octanol–water partition coefficient (Wildman–Crippen LogP) is 3.57. The molecule has 2 rings (SSSR count). The number of nitrogens with one attached hydrogen (secondary N) is 1. The minimum absolute atomic E-state index is 0.278. The number of hydrogen-bond donors (Lipinski definition) is 1. The highest BCUT2D eigenvalue weighted by Crippen LogP contribution is 2.26. The van der Waals surface area contributed by atoms with Gasteiger partial charge >= 0.3 is 0 Å². The summed E-state index contributed by atoms with van der Waals surface area (Å²) in [5.41, 5.74) is 0.718. The van der Waals surface area contributed by atoms with Gasteiger partial charge in [-0.25, -0.2) is 4.39 Å². The molecule has 0 aliphatic heterocycles. The number of benzene rings is 1. The zero-order valence-corrected chi connectivity index (χ0v) is 13.1. The SMILES string of the molecule is CCCNC(C)Cc1nc(-c2ccc(F)cc2Br)no1. The largest absolute Gasteiger partial charge is 0.339 e. The highest BCUT2D eigenvalue weighted by Gasteiger charge is 2.14. The van der Waals surface area contributed by atoms with Gasteiger partial charge in [0.2, 0.25) is 11.7 Å². The fraction of sp³-hybridized carbons (Fsp3) is 0.429. The van der Waals surface area contributed by atoms with Crippen LogP contribution in [0.2, 0.25) is 0 Å². The summed E-state index contributed by atoms with van der Waals surface area (Å²) < 4.78 is 18.9. The normalized spacial score (nSPS) is 12.6. The zero-order valence-electron chi connectivity index (χ0n) is 11.5. The van der Waals surface area contributed by atoms with Crippen molar-refractivity contribution in [3.05, 3.63) is 34.4 Å². The Morgan fingerprint density at radius 2 is 2.25 bits per heavy atom. The Balaban J connectivity index is 2.08. The minimum atomic E-state index is -0.304. The molecule has 2 aromatic rings. The van der Waals surface area contributed by atoms with Crippen molar-refractivity contribution in [2.24, 2.45) is 0 Å². The molecule has 0 fully saturated rings. The summed E-state index contributed by atoms with van der Waals surface area (Å²) in [5, 5.41) is 7.31. The summed E-state index contributed by atoms with van der Waals surface area (Å²) in [5.74, 6) is 0.739. The van der Waals surface area contributed by atoms with Gasteiger partial charge in [0.15, 0.2) is 0 Å². The fourth-order valence-corrected chi connectivity index (χ4v) is 2.37. The topological polar surface area (TPSA) is 51.0 Å². The van der Waals surface area contributed by atoms with E-state index in [0.29, 0.717) is 22.6 Å². The van der Waals surface area contributed by atoms with E-state index in [4.69, 9.17) is 4.52 Å². The Kier molecular flexibility index (Phi) is 5.25. The first-order valence-corrected chi connectivity index (χ1v) is 7.41. The third kappa shape index (κ3) is 3.86. The van der Waals surface area contributed by atoms with E-state index in [0.717, 1.165) is 18.5 Å². The fourth-order valence-electron chi connectivity index (χ4n) is 1.84. The standard InChI is InChI=1S/C14H17BrFN3O/c1-3-6-17-9(2)7-13-18-14(19-20-13)11-5-4-10(16)8-12(11)15/h4-5,8-9,17H,3,6-7H2,1-2H3. The zero-order chi connectivity index (χ0) is 14.5. The van der Waals surface area contributed by atoms with Crippen molar-refractivity contribution in [1.82, 2.24) is 15.5 Å². The van der Waals surface area contributed by atoms with Gasteiger partial charge in [0.25, 0.3) is 0 Å². The Morgan fingerprint density at radius 3 is 2.95 bits per heavy atom. The summed E-state index contributed by atoms with van der Waals surface area (Å²) >= 11 is 3.30. The molecular formula is C14H17BrFN3O. The molecule has 0 saturated carbocycles. The van der Waals surface area contributed by atoms with E-state index >= 15 is 0 Å². The van der Waals surface area contributed by atoms with Crippen LogP contribution in [-0.2, 0) is 6.42 Å². The Morgan fingerprint density at radius 1 is 1.45 bits per heavy atom. The summed E-state index contributed by atoms with van der Waals surface area (Å²) in [6.07, 6.45) is 1.76. The number of rotatable bonds is 6. The van der Waals surface area contributed by atoms with Crippen LogP contribution >= 0.6 is 15.9 Å². The molecule has 1 heterocycles. The Hall–Kier alpha value is -1.27. The first kappa shape index (κ1) is 15.1. The quantitative estimate of drug-likeness (QED) is 0.872. The molecule has 0 radical (unpaired) electrons. The maximum absolute atomic E-state index is 13.1. The van der Waals surface area contributed by atoms with Crippen LogP contribution in [0.4, 0.5) is 4.39 Å². The van der Waals surface area contributed by atoms with Crippen LogP contribution in [0.5, 0.6) is 0 Å². The maximum Gasteiger partial charge on any atom is 0.228 e. The average molecular weight is 342 g/mol. The minimum Gasteiger partial charge on any atom is -0.339 e. The van der Waals surface area contributed by atoms with Crippen LogP contribution in [0.3, 0.4) is 0 Å². The van der Waals surface area contributed by atoms with E-state index in [9.17, 15) is 4.39 Å². The lowest BCUT2D eigenvalue weighted by molar-refractivity contribution is 0.362. The molecule has 0 spiro atoms. The van der Waals surface area contributed by atoms with Crippen molar-refractivity contribution in [3.63, 3.8) is 0 Å². The maximum atomic E-state index is 13.1. The van der Waals surface area contributed by atoms with E-state index in [1.54, 1.807) is 6.07 Å². The van der Waals surface area contributed by atoms with Crippen molar-refractivity contribution in [2.75, 3.05) is 6.54 Å². The molecule has 0 amide bonds. The second-order valence-corrected chi connectivity index (χ2v) is 5.55. The Labute approximate surface area is 125 Å². The van der Waals surface area contributed by atoms with E-state index in [1.807, 2.05) is 0 Å². The van der Waals surface area contributed by atoms with Crippen molar-refractivity contribution in [3.8, 4) is 11.4 Å². The van der Waals surface area contributed by atoms with E-state index in [-0.39, 0.29) is 11.9 Å². The van der Waals surface area contributed by atoms with Gasteiger partial charge in [-0.05, 0) is 54.0 Å². The van der Waals surface area contributed by atoms with Gasteiger partial charge in [0, 0.05) is 22.5 Å². The first-order valence-electron chi connectivity index (χ1n) is 6.61. The lowest BCUT2D eigenvalue weighted by atomic mass is 10.2. The third-order valence-corrected chi connectivity index (χ3v) is 3.52. The molecule has 1 atom stereocenters. The highest BCUT2D eigenvalue weighted by atomic mass is 79.9. The molecule has 1 aromatic heterocycles. The van der Waals surface area contributed by atoms with Gasteiger partial charge in [-0.2, -0.15) is 4.98 Å². The van der Waals surface area contributed by atoms with Crippen molar-refractivity contribution in [2.45, 2.75) is 32.7 Å². The van der Waals surface area contributed by atoms with Crippen molar-refractivity contribution >= 4 is 15.9 Å². The summed E-state index contributed by atoms with van der Waals surface area (Å²) in [4.78, 5) is 4.35. The molecule has 6 heteroatoms. The van der Waals surface area contributed by atoms with Crippen LogP contribution in [0.1, 0.15) is 26.2 Å². The van der Waals surface area contributed by atoms with E-state index in [1.165, 1.54) is 12.1 Å². The molecule has 20 heavy (non-hydrogen) atoms. The molecular weight excluding hydrogens is 325 g/mol. The predicted molar refractivity (Wildman–Crippen MR) is 78.9 cm³/mol. The lowest BCUT2D eigenvalue weighted by Crippen LogP contribution is -2.28. The van der Waals surface area contributed by atoms with Gasteiger partial charge in [0.05, 0.1) is 0 Å². The second kappa shape index (κ2) is 6.95. The number of nitrogens with zero attached hydrogens (tertiary/aromatic N) is 2. The summed E-state index contributed by atoms with van der Waals surface area (Å²) in [6, 6.07) is 4.67. The molecule has 0 aliphatic carbocycles. The molecule has 108 valence electrons. The van der Waals surface area contributed by atoms with Crippen molar-refractivity contribution < 1.29 is 8.91 Å². The van der Waals surface area contributed by atoms with Crippen LogP contribution in [0.25, 0.3) is 11.4 Å². The molecule has 4 nitrogen and oxygen atoms in total. The van der Waals surface area contributed by atoms with Gasteiger partial charge in [-0.3, -0.25) is 0 Å². The second-order valence-electron chi connectivity index (χ2n) is 4.70. The van der Waals surface area contributed by atoms with Gasteiger partial charge in [-0.15, -0.1) is 0 Å². The van der Waals surface area contributed by atoms with Crippen LogP contribution in [-0.4, -0.2) is 22.7 Å². The van der Waals surface area contributed by atoms with Gasteiger partial charge in [-0.1, -0.05) is 12.1 Å². The summed E-state index contributed by atoms with van der Waals surface area (Å²) in [7, 11) is 0. The van der Waals surface area contributed by atoms with Gasteiger partial charge < -0.3 is 9.84 Å². The number of aromatic nitrogens is 2. The smallest absolute Gasteiger partial charge is 0.228 e. The first-order chi connectivity index (χ1) is 9.60. The lowest BCUT2D eigenvalue weighted by Gasteiger charge is -2.09. The van der Waals surface area contributed by atoms with Crippen LogP contribution in [0, 0.1) is 5.82 Å². The molecule has 0 aliphatic rings. The van der Waals surface area contributed by atoms with Gasteiger partial charge in [0.1, 0.15) is 5.82 Å². The van der Waals surface area contributed by atoms with Crippen LogP contribution in [0.15, 0.2) is 27.2 Å². The monoisotopic (exact) mass is 341 g/mol. The van der Waals surface area contributed by atoms with Crippen LogP contribution < -0.4 is 5.32 Å². The van der Waals surface area contributed by atoms with Crippen molar-refractivity contribution in [1.29, 1.82) is 0 Å². The Bertz CT molecular complexity index is 573. The average Bonchev–Trinajstić information content (AvgIpc) is 2.84. The van der Waals surface area contributed by atoms with E-state index < -0.39 is 0 Å². The highest BCUT2D eigenvalue weighted by molar-refractivity contribution is 9.10. The van der Waals surface area contributed by atoms with E-state index in [2.05, 4.69) is 45.2 Å². The molecule has 0 saturated heterocycles.